The summed E-state index contributed by atoms with van der Waals surface area (Å²) in [5.74, 6) is -0.120. The molecule has 0 aromatic heterocycles. The molecule has 0 radical (unpaired) electrons. The van der Waals surface area contributed by atoms with Gasteiger partial charge in [0, 0.05) is 5.02 Å². The van der Waals surface area contributed by atoms with Crippen LogP contribution in [0.2, 0.25) is 15.1 Å². The Morgan fingerprint density at radius 3 is 2.31 bits per heavy atom. The van der Waals surface area contributed by atoms with Crippen LogP contribution in [0, 0.1) is 5.92 Å². The Labute approximate surface area is 108 Å². The van der Waals surface area contributed by atoms with Crippen molar-refractivity contribution >= 4 is 46.4 Å². The summed E-state index contributed by atoms with van der Waals surface area (Å²) in [5.41, 5.74) is 3.29. The lowest BCUT2D eigenvalue weighted by molar-refractivity contribution is -0.121. The van der Waals surface area contributed by atoms with Gasteiger partial charge in [0.2, 0.25) is 5.91 Å². The Morgan fingerprint density at radius 2 is 1.88 bits per heavy atom. The first-order valence-electron chi connectivity index (χ1n) is 4.71. The van der Waals surface area contributed by atoms with Crippen molar-refractivity contribution in [2.24, 2.45) is 5.92 Å². The Kier molecular flexibility index (Phi) is 3.19. The molecule has 1 aliphatic rings. The zero-order chi connectivity index (χ0) is 11.9. The smallest absolute Gasteiger partial charge is 0.243 e. The van der Waals surface area contributed by atoms with Crippen molar-refractivity contribution in [1.29, 1.82) is 0 Å². The summed E-state index contributed by atoms with van der Waals surface area (Å²) in [7, 11) is 0. The van der Waals surface area contributed by atoms with Crippen LogP contribution in [0.3, 0.4) is 0 Å². The highest BCUT2D eigenvalue weighted by Gasteiger charge is 2.29. The molecule has 16 heavy (non-hydrogen) atoms. The molecule has 0 aliphatic carbocycles. The summed E-state index contributed by atoms with van der Waals surface area (Å²) in [6.45, 7) is 2.38. The number of benzene rings is 1. The molecule has 1 unspecified atom stereocenters. The molecule has 1 amide bonds. The van der Waals surface area contributed by atoms with Crippen molar-refractivity contribution in [3.63, 3.8) is 0 Å². The van der Waals surface area contributed by atoms with Crippen LogP contribution in [0.25, 0.3) is 0 Å². The zero-order valence-electron chi connectivity index (χ0n) is 8.43. The van der Waals surface area contributed by atoms with Gasteiger partial charge in [-0.1, -0.05) is 41.7 Å². The third-order valence-corrected chi connectivity index (χ3v) is 3.20. The van der Waals surface area contributed by atoms with Crippen LogP contribution in [0.15, 0.2) is 12.1 Å². The second-order valence-corrected chi connectivity index (χ2v) is 4.96. The van der Waals surface area contributed by atoms with Gasteiger partial charge in [0.05, 0.1) is 28.2 Å². The summed E-state index contributed by atoms with van der Waals surface area (Å²) >= 11 is 17.9. The summed E-state index contributed by atoms with van der Waals surface area (Å²) in [6, 6.07) is 3.19. The summed E-state index contributed by atoms with van der Waals surface area (Å²) in [6.07, 6.45) is 0. The Bertz CT molecular complexity index is 427. The molecular formula is C10H9Cl3N2O. The molecule has 1 N–H and O–H groups in total. The maximum Gasteiger partial charge on any atom is 0.243 e. The topological polar surface area (TPSA) is 32.3 Å². The minimum Gasteiger partial charge on any atom is -0.282 e. The van der Waals surface area contributed by atoms with E-state index < -0.39 is 0 Å². The average molecular weight is 280 g/mol. The molecule has 0 spiro atoms. The van der Waals surface area contributed by atoms with E-state index in [1.165, 1.54) is 0 Å². The van der Waals surface area contributed by atoms with Gasteiger partial charge >= 0.3 is 0 Å². The van der Waals surface area contributed by atoms with Crippen LogP contribution in [-0.2, 0) is 4.79 Å². The average Bonchev–Trinajstić information content (AvgIpc) is 2.44. The fourth-order valence-corrected chi connectivity index (χ4v) is 2.61. The normalized spacial score (nSPS) is 20.1. The molecule has 1 saturated heterocycles. The van der Waals surface area contributed by atoms with E-state index in [1.54, 1.807) is 17.1 Å². The van der Waals surface area contributed by atoms with Crippen LogP contribution in [0.5, 0.6) is 0 Å². The van der Waals surface area contributed by atoms with Gasteiger partial charge in [0.15, 0.2) is 0 Å². The number of carbonyl (C=O) groups excluding carboxylic acids is 1. The Balaban J connectivity index is 2.38. The first-order valence-corrected chi connectivity index (χ1v) is 5.85. The SMILES string of the molecule is CC1CN(c2c(Cl)cc(Cl)cc2Cl)NC1=O. The lowest BCUT2D eigenvalue weighted by atomic mass is 10.2. The summed E-state index contributed by atoms with van der Waals surface area (Å²) in [4.78, 5) is 11.4. The molecule has 1 aliphatic heterocycles. The molecule has 1 heterocycles. The van der Waals surface area contributed by atoms with Gasteiger partial charge in [0.25, 0.3) is 0 Å². The quantitative estimate of drug-likeness (QED) is 0.856. The highest BCUT2D eigenvalue weighted by Crippen LogP contribution is 2.37. The minimum atomic E-state index is -0.0807. The van der Waals surface area contributed by atoms with Gasteiger partial charge in [-0.05, 0) is 12.1 Å². The largest absolute Gasteiger partial charge is 0.282 e. The van der Waals surface area contributed by atoms with Crippen LogP contribution in [0.4, 0.5) is 5.69 Å². The number of rotatable bonds is 1. The number of anilines is 1. The van der Waals surface area contributed by atoms with Crippen LogP contribution < -0.4 is 10.4 Å². The number of hydrazine groups is 1. The summed E-state index contributed by atoms with van der Waals surface area (Å²) < 4.78 is 0. The van der Waals surface area contributed by atoms with E-state index >= 15 is 0 Å². The van der Waals surface area contributed by atoms with Crippen LogP contribution >= 0.6 is 34.8 Å². The Hall–Kier alpha value is -0.640. The molecular weight excluding hydrogens is 270 g/mol. The van der Waals surface area contributed by atoms with Crippen molar-refractivity contribution in [1.82, 2.24) is 5.43 Å². The molecule has 1 aromatic carbocycles. The maximum absolute atomic E-state index is 11.4. The second kappa shape index (κ2) is 4.32. The van der Waals surface area contributed by atoms with Gasteiger partial charge in [-0.3, -0.25) is 15.2 Å². The number of hydrogen-bond acceptors (Lipinski definition) is 2. The number of carbonyl (C=O) groups is 1. The van der Waals surface area contributed by atoms with E-state index in [-0.39, 0.29) is 11.8 Å². The first kappa shape index (κ1) is 11.8. The highest BCUT2D eigenvalue weighted by atomic mass is 35.5. The van der Waals surface area contributed by atoms with Gasteiger partial charge in [0.1, 0.15) is 0 Å². The third kappa shape index (κ3) is 2.08. The number of nitrogens with zero attached hydrogens (tertiary/aromatic N) is 1. The van der Waals surface area contributed by atoms with Gasteiger partial charge < -0.3 is 0 Å². The molecule has 0 bridgehead atoms. The van der Waals surface area contributed by atoms with Gasteiger partial charge in [-0.2, -0.15) is 0 Å². The molecule has 3 nitrogen and oxygen atoms in total. The molecule has 1 aromatic rings. The monoisotopic (exact) mass is 278 g/mol. The van der Waals surface area contributed by atoms with Gasteiger partial charge in [-0.15, -0.1) is 0 Å². The van der Waals surface area contributed by atoms with Gasteiger partial charge in [-0.25, -0.2) is 0 Å². The molecule has 86 valence electrons. The molecule has 0 saturated carbocycles. The van der Waals surface area contributed by atoms with E-state index in [9.17, 15) is 4.79 Å². The fourth-order valence-electron chi connectivity index (χ4n) is 1.59. The Morgan fingerprint density at radius 1 is 1.31 bits per heavy atom. The van der Waals surface area contributed by atoms with Crippen molar-refractivity contribution < 1.29 is 4.79 Å². The minimum absolute atomic E-state index is 0.0397. The van der Waals surface area contributed by atoms with Crippen molar-refractivity contribution in [3.05, 3.63) is 27.2 Å². The van der Waals surface area contributed by atoms with E-state index in [2.05, 4.69) is 5.43 Å². The fraction of sp³-hybridized carbons (Fsp3) is 0.300. The van der Waals surface area contributed by atoms with Crippen molar-refractivity contribution in [2.75, 3.05) is 11.6 Å². The molecule has 1 fully saturated rings. The zero-order valence-corrected chi connectivity index (χ0v) is 10.7. The number of amides is 1. The van der Waals surface area contributed by atoms with Crippen LogP contribution in [-0.4, -0.2) is 12.5 Å². The maximum atomic E-state index is 11.4. The highest BCUT2D eigenvalue weighted by molar-refractivity contribution is 6.41. The third-order valence-electron chi connectivity index (χ3n) is 2.40. The van der Waals surface area contributed by atoms with Crippen LogP contribution in [0.1, 0.15) is 6.92 Å². The summed E-state index contributed by atoms with van der Waals surface area (Å²) in [5, 5.41) is 2.96. The molecule has 2 rings (SSSR count). The lowest BCUT2D eigenvalue weighted by Gasteiger charge is -2.20. The first-order chi connectivity index (χ1) is 7.49. The van der Waals surface area contributed by atoms with E-state index in [4.69, 9.17) is 34.8 Å². The van der Waals surface area contributed by atoms with Crippen molar-refractivity contribution in [3.8, 4) is 0 Å². The molecule has 6 heteroatoms. The number of nitrogens with one attached hydrogen (secondary N) is 1. The van der Waals surface area contributed by atoms with E-state index in [1.807, 2.05) is 6.92 Å². The predicted octanol–water partition coefficient (Wildman–Crippen LogP) is 3.13. The predicted molar refractivity (Wildman–Crippen MR) is 66.1 cm³/mol. The standard InChI is InChI=1S/C10H9Cl3N2O/c1-5-4-15(14-10(5)16)9-7(12)2-6(11)3-8(9)13/h2-3,5H,4H2,1H3,(H,14,16). The number of halogens is 3. The lowest BCUT2D eigenvalue weighted by Crippen LogP contribution is -2.33. The van der Waals surface area contributed by atoms with Crippen molar-refractivity contribution in [2.45, 2.75) is 6.92 Å². The number of hydrogen-bond donors (Lipinski definition) is 1. The second-order valence-electron chi connectivity index (χ2n) is 3.71. The van der Waals surface area contributed by atoms with E-state index in [0.717, 1.165) is 0 Å². The van der Waals surface area contributed by atoms with E-state index in [0.29, 0.717) is 27.3 Å². The molecule has 1 atom stereocenters.